The van der Waals surface area contributed by atoms with Gasteiger partial charge in [0.1, 0.15) is 0 Å². The molecule has 0 aliphatic rings. The zero-order valence-corrected chi connectivity index (χ0v) is 14.8. The lowest BCUT2D eigenvalue weighted by Gasteiger charge is -2.18. The number of amides is 1. The lowest BCUT2D eigenvalue weighted by atomic mass is 10.0. The van der Waals surface area contributed by atoms with Crippen LogP contribution in [0, 0.1) is 0 Å². The Morgan fingerprint density at radius 2 is 1.92 bits per heavy atom. The third kappa shape index (κ3) is 4.75. The van der Waals surface area contributed by atoms with Crippen molar-refractivity contribution in [2.75, 3.05) is 0 Å². The van der Waals surface area contributed by atoms with Crippen molar-refractivity contribution in [3.8, 4) is 0 Å². The molecule has 3 aromatic rings. The summed E-state index contributed by atoms with van der Waals surface area (Å²) in [7, 11) is 0. The second-order valence-electron chi connectivity index (χ2n) is 6.02. The van der Waals surface area contributed by atoms with Gasteiger partial charge >= 0.3 is 0 Å². The number of hydrogen-bond donors (Lipinski definition) is 1. The van der Waals surface area contributed by atoms with E-state index in [-0.39, 0.29) is 18.4 Å². The summed E-state index contributed by atoms with van der Waals surface area (Å²) in [5, 5.41) is 6.97. The molecule has 2 heterocycles. The van der Waals surface area contributed by atoms with Crippen LogP contribution >= 0.6 is 0 Å². The lowest BCUT2D eigenvalue weighted by Crippen LogP contribution is -2.30. The van der Waals surface area contributed by atoms with Crippen LogP contribution in [-0.4, -0.2) is 21.0 Å². The van der Waals surface area contributed by atoms with Crippen molar-refractivity contribution in [3.05, 3.63) is 77.7 Å². The van der Waals surface area contributed by atoms with Crippen LogP contribution in [-0.2, 0) is 17.6 Å². The summed E-state index contributed by atoms with van der Waals surface area (Å²) in [5.74, 6) is 1.11. The van der Waals surface area contributed by atoms with Crippen molar-refractivity contribution in [2.45, 2.75) is 38.6 Å². The van der Waals surface area contributed by atoms with Gasteiger partial charge in [0.25, 0.3) is 0 Å². The molecule has 0 radical (unpaired) electrons. The van der Waals surface area contributed by atoms with E-state index in [1.807, 2.05) is 48.5 Å². The van der Waals surface area contributed by atoms with Crippen molar-refractivity contribution in [2.24, 2.45) is 0 Å². The number of benzene rings is 1. The van der Waals surface area contributed by atoms with Gasteiger partial charge in [0.05, 0.1) is 11.7 Å². The van der Waals surface area contributed by atoms with Gasteiger partial charge < -0.3 is 9.84 Å². The Hall–Kier alpha value is -3.02. The van der Waals surface area contributed by atoms with E-state index in [0.29, 0.717) is 18.1 Å². The van der Waals surface area contributed by atoms with Gasteiger partial charge in [-0.05, 0) is 24.1 Å². The third-order valence-corrected chi connectivity index (χ3v) is 3.97. The SMILES string of the molecule is CCCc1noc(CCC(=O)NC(c2ccccc2)c2ccccn2)n1. The minimum Gasteiger partial charge on any atom is -0.344 e. The Labute approximate surface area is 152 Å². The molecular formula is C20H22N4O2. The average Bonchev–Trinajstić information content (AvgIpc) is 3.14. The number of hydrogen-bond acceptors (Lipinski definition) is 5. The average molecular weight is 350 g/mol. The lowest BCUT2D eigenvalue weighted by molar-refractivity contribution is -0.121. The fourth-order valence-electron chi connectivity index (χ4n) is 2.69. The minimum absolute atomic E-state index is 0.0836. The van der Waals surface area contributed by atoms with E-state index in [1.165, 1.54) is 0 Å². The molecule has 6 nitrogen and oxygen atoms in total. The molecule has 26 heavy (non-hydrogen) atoms. The molecule has 0 spiro atoms. The molecule has 3 rings (SSSR count). The van der Waals surface area contributed by atoms with Crippen LogP contribution < -0.4 is 5.32 Å². The molecule has 134 valence electrons. The number of aromatic nitrogens is 3. The first kappa shape index (κ1) is 17.8. The fourth-order valence-corrected chi connectivity index (χ4v) is 2.69. The first-order chi connectivity index (χ1) is 12.8. The molecule has 0 fully saturated rings. The summed E-state index contributed by atoms with van der Waals surface area (Å²) >= 11 is 0. The molecule has 0 aliphatic heterocycles. The van der Waals surface area contributed by atoms with Crippen LogP contribution in [0.4, 0.5) is 0 Å². The van der Waals surface area contributed by atoms with E-state index >= 15 is 0 Å². The maximum absolute atomic E-state index is 12.5. The fraction of sp³-hybridized carbons (Fsp3) is 0.300. The van der Waals surface area contributed by atoms with Gasteiger partial charge in [-0.2, -0.15) is 4.98 Å². The van der Waals surface area contributed by atoms with E-state index in [4.69, 9.17) is 4.52 Å². The molecule has 1 amide bonds. The topological polar surface area (TPSA) is 80.9 Å². The highest BCUT2D eigenvalue weighted by atomic mass is 16.5. The first-order valence-electron chi connectivity index (χ1n) is 8.83. The zero-order chi connectivity index (χ0) is 18.2. The molecule has 1 atom stereocenters. The van der Waals surface area contributed by atoms with E-state index in [2.05, 4.69) is 27.4 Å². The maximum atomic E-state index is 12.5. The molecule has 1 unspecified atom stereocenters. The highest BCUT2D eigenvalue weighted by Crippen LogP contribution is 2.20. The molecule has 0 saturated carbocycles. The van der Waals surface area contributed by atoms with Gasteiger partial charge in [0.15, 0.2) is 5.82 Å². The van der Waals surface area contributed by atoms with E-state index < -0.39 is 0 Å². The molecule has 1 aromatic carbocycles. The van der Waals surface area contributed by atoms with Gasteiger partial charge in [-0.3, -0.25) is 9.78 Å². The highest BCUT2D eigenvalue weighted by molar-refractivity contribution is 5.77. The van der Waals surface area contributed by atoms with Gasteiger partial charge in [-0.15, -0.1) is 0 Å². The predicted molar refractivity (Wildman–Crippen MR) is 97.3 cm³/mol. The van der Waals surface area contributed by atoms with Crippen LogP contribution in [0.25, 0.3) is 0 Å². The van der Waals surface area contributed by atoms with E-state index in [1.54, 1.807) is 6.20 Å². The Balaban J connectivity index is 1.65. The second-order valence-corrected chi connectivity index (χ2v) is 6.02. The predicted octanol–water partition coefficient (Wildman–Crippen LogP) is 3.26. The third-order valence-electron chi connectivity index (χ3n) is 3.97. The van der Waals surface area contributed by atoms with E-state index in [0.717, 1.165) is 24.1 Å². The number of rotatable bonds is 8. The summed E-state index contributed by atoms with van der Waals surface area (Å²) in [6, 6.07) is 15.2. The quantitative estimate of drug-likeness (QED) is 0.674. The van der Waals surface area contributed by atoms with Crippen LogP contribution in [0.2, 0.25) is 0 Å². The summed E-state index contributed by atoms with van der Waals surface area (Å²) in [5.41, 5.74) is 1.79. The molecule has 2 aromatic heterocycles. The number of carbonyl (C=O) groups excluding carboxylic acids is 1. The van der Waals surface area contributed by atoms with Gasteiger partial charge in [-0.1, -0.05) is 48.5 Å². The summed E-state index contributed by atoms with van der Waals surface area (Å²) < 4.78 is 5.19. The summed E-state index contributed by atoms with van der Waals surface area (Å²) in [6.45, 7) is 2.06. The number of carbonyl (C=O) groups is 1. The van der Waals surface area contributed by atoms with Crippen LogP contribution in [0.15, 0.2) is 59.3 Å². The number of pyridine rings is 1. The Kier molecular flexibility index (Phi) is 6.09. The summed E-state index contributed by atoms with van der Waals surface area (Å²) in [4.78, 5) is 21.2. The van der Waals surface area contributed by atoms with Gasteiger partial charge in [0, 0.05) is 25.5 Å². The van der Waals surface area contributed by atoms with Crippen molar-refractivity contribution in [1.29, 1.82) is 0 Å². The molecule has 0 saturated heterocycles. The largest absolute Gasteiger partial charge is 0.344 e. The smallest absolute Gasteiger partial charge is 0.227 e. The first-order valence-corrected chi connectivity index (χ1v) is 8.83. The molecule has 1 N–H and O–H groups in total. The van der Waals surface area contributed by atoms with Crippen molar-refractivity contribution in [3.63, 3.8) is 0 Å². The van der Waals surface area contributed by atoms with Crippen molar-refractivity contribution >= 4 is 5.91 Å². The standard InChI is InChI=1S/C20H22N4O2/c1-2-8-17-22-19(26-24-17)13-12-18(25)23-20(15-9-4-3-5-10-15)16-11-6-7-14-21-16/h3-7,9-11,14,20H,2,8,12-13H2,1H3,(H,23,25). The number of nitrogens with one attached hydrogen (secondary N) is 1. The molecular weight excluding hydrogens is 328 g/mol. The number of aryl methyl sites for hydroxylation is 2. The minimum atomic E-state index is -0.289. The van der Waals surface area contributed by atoms with Gasteiger partial charge in [0.2, 0.25) is 11.8 Å². The van der Waals surface area contributed by atoms with Crippen LogP contribution in [0.1, 0.15) is 48.8 Å². The number of nitrogens with zero attached hydrogens (tertiary/aromatic N) is 3. The maximum Gasteiger partial charge on any atom is 0.227 e. The van der Waals surface area contributed by atoms with Crippen molar-refractivity contribution in [1.82, 2.24) is 20.4 Å². The van der Waals surface area contributed by atoms with Gasteiger partial charge in [-0.25, -0.2) is 0 Å². The molecule has 0 bridgehead atoms. The molecule has 0 aliphatic carbocycles. The van der Waals surface area contributed by atoms with Crippen LogP contribution in [0.3, 0.4) is 0 Å². The normalized spacial score (nSPS) is 11.9. The van der Waals surface area contributed by atoms with Crippen LogP contribution in [0.5, 0.6) is 0 Å². The Morgan fingerprint density at radius 1 is 1.12 bits per heavy atom. The summed E-state index contributed by atoms with van der Waals surface area (Å²) in [6.07, 6.45) is 4.18. The monoisotopic (exact) mass is 350 g/mol. The Bertz CT molecular complexity index is 779. The highest BCUT2D eigenvalue weighted by Gasteiger charge is 2.18. The zero-order valence-electron chi connectivity index (χ0n) is 14.8. The second kappa shape index (κ2) is 8.89. The van der Waals surface area contributed by atoms with E-state index in [9.17, 15) is 4.79 Å². The molecule has 6 heteroatoms. The van der Waals surface area contributed by atoms with Crippen molar-refractivity contribution < 1.29 is 9.32 Å². The Morgan fingerprint density at radius 3 is 2.65 bits per heavy atom.